The third-order valence-electron chi connectivity index (χ3n) is 2.38. The number of aromatic nitrogens is 2. The molecule has 1 aromatic heterocycles. The maximum absolute atomic E-state index is 12.4. The molecule has 0 spiro atoms. The number of hydrogen-bond donors (Lipinski definition) is 1. The number of halogens is 3. The van der Waals surface area contributed by atoms with Crippen molar-refractivity contribution in [3.63, 3.8) is 0 Å². The van der Waals surface area contributed by atoms with E-state index in [1.54, 1.807) is 0 Å². The van der Waals surface area contributed by atoms with Gasteiger partial charge in [-0.15, -0.1) is 0 Å². The van der Waals surface area contributed by atoms with Gasteiger partial charge in [-0.05, 0) is 6.07 Å². The molecule has 0 aliphatic rings. The quantitative estimate of drug-likeness (QED) is 0.516. The van der Waals surface area contributed by atoms with Gasteiger partial charge in [0, 0.05) is 18.3 Å². The largest absolute Gasteiger partial charge is 0.419 e. The van der Waals surface area contributed by atoms with Crippen LogP contribution >= 0.6 is 0 Å². The van der Waals surface area contributed by atoms with E-state index < -0.39 is 16.7 Å². The van der Waals surface area contributed by atoms with Gasteiger partial charge in [0.15, 0.2) is 0 Å². The van der Waals surface area contributed by atoms with Crippen molar-refractivity contribution in [3.05, 3.63) is 46.3 Å². The third kappa shape index (κ3) is 2.49. The van der Waals surface area contributed by atoms with Crippen LogP contribution in [-0.2, 0) is 6.18 Å². The van der Waals surface area contributed by atoms with Gasteiger partial charge in [0.2, 0.25) is 0 Å². The lowest BCUT2D eigenvalue weighted by Gasteiger charge is -2.05. The lowest BCUT2D eigenvalue weighted by atomic mass is 10.2. The Morgan fingerprint density at radius 1 is 1.37 bits per heavy atom. The molecule has 0 bridgehead atoms. The number of nitrogens with two attached hydrogens (primary N) is 1. The number of benzene rings is 1. The van der Waals surface area contributed by atoms with Crippen LogP contribution in [0.5, 0.6) is 0 Å². The maximum Gasteiger partial charge on any atom is 0.419 e. The van der Waals surface area contributed by atoms with Crippen LogP contribution in [-0.4, -0.2) is 14.7 Å². The molecule has 100 valence electrons. The van der Waals surface area contributed by atoms with Crippen LogP contribution in [0.15, 0.2) is 30.6 Å². The Morgan fingerprint density at radius 3 is 2.53 bits per heavy atom. The van der Waals surface area contributed by atoms with Gasteiger partial charge in [-0.2, -0.15) is 18.3 Å². The maximum atomic E-state index is 12.4. The molecule has 0 unspecified atom stereocenters. The molecule has 2 rings (SSSR count). The van der Waals surface area contributed by atoms with Crippen LogP contribution in [0.25, 0.3) is 5.69 Å². The Labute approximate surface area is 104 Å². The number of nitrogens with zero attached hydrogens (tertiary/aromatic N) is 3. The molecule has 0 radical (unpaired) electrons. The van der Waals surface area contributed by atoms with Crippen molar-refractivity contribution in [1.82, 2.24) is 9.78 Å². The van der Waals surface area contributed by atoms with Gasteiger partial charge in [0.1, 0.15) is 0 Å². The second-order valence-corrected chi connectivity index (χ2v) is 3.67. The molecule has 1 heterocycles. The smallest absolute Gasteiger partial charge is 0.397 e. The first kappa shape index (κ1) is 12.9. The number of anilines is 1. The van der Waals surface area contributed by atoms with E-state index >= 15 is 0 Å². The minimum atomic E-state index is -4.51. The van der Waals surface area contributed by atoms with Gasteiger partial charge >= 0.3 is 6.18 Å². The third-order valence-corrected chi connectivity index (χ3v) is 2.38. The summed E-state index contributed by atoms with van der Waals surface area (Å²) in [7, 11) is 0. The van der Waals surface area contributed by atoms with Gasteiger partial charge in [-0.25, -0.2) is 4.68 Å². The molecule has 1 aromatic carbocycles. The minimum Gasteiger partial charge on any atom is -0.397 e. The van der Waals surface area contributed by atoms with Crippen molar-refractivity contribution in [3.8, 4) is 5.69 Å². The van der Waals surface area contributed by atoms with Crippen molar-refractivity contribution < 1.29 is 18.1 Å². The Balaban J connectivity index is 2.43. The average molecular weight is 272 g/mol. The van der Waals surface area contributed by atoms with E-state index in [-0.39, 0.29) is 17.1 Å². The van der Waals surface area contributed by atoms with Gasteiger partial charge in [-0.1, -0.05) is 0 Å². The van der Waals surface area contributed by atoms with Crippen LogP contribution in [0, 0.1) is 10.1 Å². The summed E-state index contributed by atoms with van der Waals surface area (Å²) in [5.41, 5.74) is 4.50. The Kier molecular flexibility index (Phi) is 2.89. The molecule has 0 aliphatic carbocycles. The fourth-order valence-electron chi connectivity index (χ4n) is 1.47. The molecule has 0 saturated heterocycles. The van der Waals surface area contributed by atoms with Gasteiger partial charge in [0.25, 0.3) is 5.69 Å². The number of alkyl halides is 3. The number of rotatable bonds is 2. The standard InChI is InChI=1S/C10H7F3N4O2/c11-10(12,13)6-4-15-16(5-6)9-2-1-7(17(18)19)3-8(9)14/h1-5H,14H2. The Morgan fingerprint density at radius 2 is 2.05 bits per heavy atom. The van der Waals surface area contributed by atoms with E-state index in [4.69, 9.17) is 5.73 Å². The van der Waals surface area contributed by atoms with Crippen LogP contribution in [0.1, 0.15) is 5.56 Å². The Bertz CT molecular complexity index is 636. The van der Waals surface area contributed by atoms with E-state index in [1.807, 2.05) is 0 Å². The first-order valence-electron chi connectivity index (χ1n) is 4.95. The molecule has 6 nitrogen and oxygen atoms in total. The van der Waals surface area contributed by atoms with Crippen LogP contribution in [0.2, 0.25) is 0 Å². The molecule has 19 heavy (non-hydrogen) atoms. The number of non-ortho nitro benzene ring substituents is 1. The summed E-state index contributed by atoms with van der Waals surface area (Å²) in [6, 6.07) is 3.44. The zero-order valence-electron chi connectivity index (χ0n) is 9.26. The highest BCUT2D eigenvalue weighted by Gasteiger charge is 2.32. The average Bonchev–Trinajstić information content (AvgIpc) is 2.77. The fraction of sp³-hybridized carbons (Fsp3) is 0.100. The summed E-state index contributed by atoms with van der Waals surface area (Å²) in [4.78, 5) is 9.87. The van der Waals surface area contributed by atoms with E-state index in [0.29, 0.717) is 6.20 Å². The lowest BCUT2D eigenvalue weighted by Crippen LogP contribution is -2.04. The van der Waals surface area contributed by atoms with Crippen molar-refractivity contribution in [2.75, 3.05) is 5.73 Å². The normalized spacial score (nSPS) is 11.5. The zero-order chi connectivity index (χ0) is 14.2. The van der Waals surface area contributed by atoms with Gasteiger partial charge < -0.3 is 5.73 Å². The summed E-state index contributed by atoms with van der Waals surface area (Å²) >= 11 is 0. The highest BCUT2D eigenvalue weighted by Crippen LogP contribution is 2.30. The molecule has 9 heteroatoms. The summed E-state index contributed by atoms with van der Waals surface area (Å²) in [5.74, 6) is 0. The molecule has 2 aromatic rings. The van der Waals surface area contributed by atoms with E-state index in [1.165, 1.54) is 6.07 Å². The highest BCUT2D eigenvalue weighted by molar-refractivity contribution is 5.62. The SMILES string of the molecule is Nc1cc([N+](=O)[O-])ccc1-n1cc(C(F)(F)F)cn1. The predicted octanol–water partition coefficient (Wildman–Crippen LogP) is 2.38. The van der Waals surface area contributed by atoms with Crippen molar-refractivity contribution in [2.24, 2.45) is 0 Å². The molecule has 0 fully saturated rings. The van der Waals surface area contributed by atoms with Gasteiger partial charge in [0.05, 0.1) is 28.1 Å². The fourth-order valence-corrected chi connectivity index (χ4v) is 1.47. The Hall–Kier alpha value is -2.58. The van der Waals surface area contributed by atoms with E-state index in [9.17, 15) is 23.3 Å². The van der Waals surface area contributed by atoms with Crippen molar-refractivity contribution in [1.29, 1.82) is 0 Å². The topological polar surface area (TPSA) is 87.0 Å². The summed E-state index contributed by atoms with van der Waals surface area (Å²) in [5, 5.41) is 14.1. The van der Waals surface area contributed by atoms with Crippen LogP contribution in [0.4, 0.5) is 24.5 Å². The zero-order valence-corrected chi connectivity index (χ0v) is 9.26. The highest BCUT2D eigenvalue weighted by atomic mass is 19.4. The van der Waals surface area contributed by atoms with E-state index in [0.717, 1.165) is 23.0 Å². The van der Waals surface area contributed by atoms with Crippen LogP contribution in [0.3, 0.4) is 0 Å². The van der Waals surface area contributed by atoms with Crippen molar-refractivity contribution in [2.45, 2.75) is 6.18 Å². The summed E-state index contributed by atoms with van der Waals surface area (Å²) in [6.07, 6.45) is -3.09. The molecular weight excluding hydrogens is 265 g/mol. The number of hydrogen-bond acceptors (Lipinski definition) is 4. The van der Waals surface area contributed by atoms with E-state index in [2.05, 4.69) is 5.10 Å². The molecule has 0 saturated carbocycles. The number of nitro groups is 1. The molecule has 0 amide bonds. The summed E-state index contributed by atoms with van der Waals surface area (Å²) < 4.78 is 38.2. The number of nitro benzene ring substituents is 1. The first-order valence-corrected chi connectivity index (χ1v) is 4.95. The second kappa shape index (κ2) is 4.26. The second-order valence-electron chi connectivity index (χ2n) is 3.67. The van der Waals surface area contributed by atoms with Gasteiger partial charge in [-0.3, -0.25) is 10.1 Å². The van der Waals surface area contributed by atoms with Crippen LogP contribution < -0.4 is 5.73 Å². The molecule has 0 aliphatic heterocycles. The predicted molar refractivity (Wildman–Crippen MR) is 59.6 cm³/mol. The molecular formula is C10H7F3N4O2. The first-order chi connectivity index (χ1) is 8.79. The molecule has 0 atom stereocenters. The minimum absolute atomic E-state index is 0.0361. The monoisotopic (exact) mass is 272 g/mol. The molecule has 2 N–H and O–H groups in total. The van der Waals surface area contributed by atoms with Crippen molar-refractivity contribution >= 4 is 11.4 Å². The summed E-state index contributed by atoms with van der Waals surface area (Å²) in [6.45, 7) is 0. The number of nitrogen functional groups attached to an aromatic ring is 1. The lowest BCUT2D eigenvalue weighted by molar-refractivity contribution is -0.384.